The number of carbonyl (C=O) groups excluding carboxylic acids is 4. The third-order valence-corrected chi connectivity index (χ3v) is 7.38. The summed E-state index contributed by atoms with van der Waals surface area (Å²) in [5.74, 6) is -1.70. The van der Waals surface area contributed by atoms with Gasteiger partial charge in [-0.3, -0.25) is 19.2 Å². The molecule has 2 saturated heterocycles. The summed E-state index contributed by atoms with van der Waals surface area (Å²) in [7, 11) is 0. The molecule has 3 amide bonds. The van der Waals surface area contributed by atoms with E-state index in [4.69, 9.17) is 4.74 Å². The van der Waals surface area contributed by atoms with E-state index < -0.39 is 11.9 Å². The van der Waals surface area contributed by atoms with Crippen LogP contribution < -0.4 is 9.64 Å². The van der Waals surface area contributed by atoms with E-state index in [-0.39, 0.29) is 42.0 Å². The molecule has 2 aromatic carbocycles. The van der Waals surface area contributed by atoms with Crippen LogP contribution in [0.5, 0.6) is 5.75 Å². The lowest BCUT2D eigenvalue weighted by atomic mass is 9.85. The minimum Gasteiger partial charge on any atom is -0.426 e. The minimum absolute atomic E-state index is 0.0724. The molecule has 7 nitrogen and oxygen atoms in total. The number of ether oxygens (including phenoxy) is 1. The van der Waals surface area contributed by atoms with Crippen LogP contribution in [0.25, 0.3) is 0 Å². The molecule has 0 unspecified atom stereocenters. The van der Waals surface area contributed by atoms with Crippen molar-refractivity contribution < 1.29 is 23.9 Å². The van der Waals surface area contributed by atoms with Crippen molar-refractivity contribution in [3.8, 4) is 5.75 Å². The molecule has 2 aromatic rings. The SMILES string of the molecule is Cc1cc(OC(=O)[C@@H]2CC(=O)N([C@@H](C)c3ccccc3)C2)ccc1N1C(=O)[C@H]2CC=CC[C@H]2C1=O. The molecule has 180 valence electrons. The van der Waals surface area contributed by atoms with Crippen LogP contribution >= 0.6 is 0 Å². The quantitative estimate of drug-likeness (QED) is 0.285. The number of imide groups is 1. The molecule has 0 bridgehead atoms. The first kappa shape index (κ1) is 23.0. The summed E-state index contributed by atoms with van der Waals surface area (Å²) in [5.41, 5.74) is 2.21. The van der Waals surface area contributed by atoms with E-state index in [0.29, 0.717) is 36.4 Å². The first-order valence-electron chi connectivity index (χ1n) is 12.0. The van der Waals surface area contributed by atoms with E-state index in [1.165, 1.54) is 4.90 Å². The second-order valence-electron chi connectivity index (χ2n) is 9.57. The Labute approximate surface area is 204 Å². The van der Waals surface area contributed by atoms with Crippen molar-refractivity contribution in [3.63, 3.8) is 0 Å². The van der Waals surface area contributed by atoms with Gasteiger partial charge < -0.3 is 9.64 Å². The summed E-state index contributed by atoms with van der Waals surface area (Å²) in [6.45, 7) is 4.05. The van der Waals surface area contributed by atoms with Gasteiger partial charge in [0.15, 0.2) is 0 Å². The van der Waals surface area contributed by atoms with E-state index in [1.807, 2.05) is 49.4 Å². The Morgan fingerprint density at radius 3 is 2.26 bits per heavy atom. The van der Waals surface area contributed by atoms with E-state index in [1.54, 1.807) is 30.0 Å². The van der Waals surface area contributed by atoms with Gasteiger partial charge in [0, 0.05) is 13.0 Å². The second-order valence-corrected chi connectivity index (χ2v) is 9.57. The standard InChI is InChI=1S/C28H28N2O5/c1-17-14-21(12-13-24(17)30-26(32)22-10-6-7-11-23(22)27(30)33)35-28(34)20-15-25(31)29(16-20)18(2)19-8-4-3-5-9-19/h3-9,12-14,18,20,22-23H,10-11,15-16H2,1-2H3/t18-,20+,22-,23+/m0/s1. The third-order valence-electron chi connectivity index (χ3n) is 7.38. The molecule has 0 spiro atoms. The van der Waals surface area contributed by atoms with Gasteiger partial charge in [0.05, 0.1) is 29.5 Å². The van der Waals surface area contributed by atoms with Gasteiger partial charge in [-0.2, -0.15) is 0 Å². The number of likely N-dealkylation sites (tertiary alicyclic amines) is 1. The molecule has 4 atom stereocenters. The fraction of sp³-hybridized carbons (Fsp3) is 0.357. The summed E-state index contributed by atoms with van der Waals surface area (Å²) >= 11 is 0. The van der Waals surface area contributed by atoms with Crippen molar-refractivity contribution in [3.05, 3.63) is 71.8 Å². The number of hydrogen-bond acceptors (Lipinski definition) is 5. The Morgan fingerprint density at radius 2 is 1.63 bits per heavy atom. The fourth-order valence-corrected chi connectivity index (χ4v) is 5.35. The molecule has 3 aliphatic rings. The smallest absolute Gasteiger partial charge is 0.316 e. The van der Waals surface area contributed by atoms with Gasteiger partial charge in [-0.15, -0.1) is 0 Å². The predicted octanol–water partition coefficient (Wildman–Crippen LogP) is 3.97. The Kier molecular flexibility index (Phi) is 6.01. The van der Waals surface area contributed by atoms with Crippen LogP contribution in [-0.4, -0.2) is 35.1 Å². The molecule has 0 aromatic heterocycles. The highest BCUT2D eigenvalue weighted by Gasteiger charge is 2.48. The lowest BCUT2D eigenvalue weighted by molar-refractivity contribution is -0.139. The number of allylic oxidation sites excluding steroid dienone is 2. The van der Waals surface area contributed by atoms with Gasteiger partial charge in [-0.1, -0.05) is 42.5 Å². The maximum atomic E-state index is 12.9. The minimum atomic E-state index is -0.550. The summed E-state index contributed by atoms with van der Waals surface area (Å²) < 4.78 is 5.61. The Balaban J connectivity index is 1.26. The zero-order chi connectivity index (χ0) is 24.7. The largest absolute Gasteiger partial charge is 0.426 e. The van der Waals surface area contributed by atoms with Crippen molar-refractivity contribution in [2.75, 3.05) is 11.4 Å². The lowest BCUT2D eigenvalue weighted by Gasteiger charge is -2.25. The molecular weight excluding hydrogens is 444 g/mol. The highest BCUT2D eigenvalue weighted by Crippen LogP contribution is 2.39. The highest BCUT2D eigenvalue weighted by atomic mass is 16.5. The molecule has 2 fully saturated rings. The van der Waals surface area contributed by atoms with Crippen LogP contribution in [-0.2, 0) is 19.2 Å². The van der Waals surface area contributed by atoms with Crippen LogP contribution in [0, 0.1) is 24.7 Å². The van der Waals surface area contributed by atoms with E-state index >= 15 is 0 Å². The molecule has 1 aliphatic carbocycles. The average Bonchev–Trinajstić information content (AvgIpc) is 3.37. The van der Waals surface area contributed by atoms with Gasteiger partial charge in [0.2, 0.25) is 17.7 Å². The van der Waals surface area contributed by atoms with Gasteiger partial charge in [0.1, 0.15) is 5.75 Å². The summed E-state index contributed by atoms with van der Waals surface area (Å²) in [6, 6.07) is 14.5. The number of esters is 1. The number of benzene rings is 2. The maximum Gasteiger partial charge on any atom is 0.316 e. The zero-order valence-electron chi connectivity index (χ0n) is 19.8. The second kappa shape index (κ2) is 9.13. The Bertz CT molecular complexity index is 1200. The Morgan fingerprint density at radius 1 is 0.971 bits per heavy atom. The molecule has 0 N–H and O–H groups in total. The molecule has 5 rings (SSSR count). The van der Waals surface area contributed by atoms with Gasteiger partial charge in [-0.25, -0.2) is 4.90 Å². The topological polar surface area (TPSA) is 84.0 Å². The monoisotopic (exact) mass is 472 g/mol. The highest BCUT2D eigenvalue weighted by molar-refractivity contribution is 6.22. The van der Waals surface area contributed by atoms with Crippen molar-refractivity contribution >= 4 is 29.4 Å². The van der Waals surface area contributed by atoms with Gasteiger partial charge >= 0.3 is 5.97 Å². The molecule has 2 heterocycles. The molecule has 7 heteroatoms. The number of fused-ring (bicyclic) bond motifs is 1. The first-order valence-corrected chi connectivity index (χ1v) is 12.0. The Hall–Kier alpha value is -3.74. The summed E-state index contributed by atoms with van der Waals surface area (Å²) in [5, 5.41) is 0. The van der Waals surface area contributed by atoms with Crippen molar-refractivity contribution in [1.82, 2.24) is 4.90 Å². The molecule has 2 aliphatic heterocycles. The number of amides is 3. The first-order chi connectivity index (χ1) is 16.8. The molecule has 0 saturated carbocycles. The number of nitrogens with zero attached hydrogens (tertiary/aromatic N) is 2. The number of aryl methyl sites for hydroxylation is 1. The van der Waals surface area contributed by atoms with Crippen LogP contribution in [0.2, 0.25) is 0 Å². The van der Waals surface area contributed by atoms with Gasteiger partial charge in [-0.05, 0) is 56.0 Å². The van der Waals surface area contributed by atoms with E-state index in [9.17, 15) is 19.2 Å². The van der Waals surface area contributed by atoms with Crippen LogP contribution in [0.4, 0.5) is 5.69 Å². The number of hydrogen-bond donors (Lipinski definition) is 0. The summed E-state index contributed by atoms with van der Waals surface area (Å²) in [6.07, 6.45) is 5.20. The van der Waals surface area contributed by atoms with Crippen LogP contribution in [0.15, 0.2) is 60.7 Å². The molecule has 0 radical (unpaired) electrons. The number of anilines is 1. The van der Waals surface area contributed by atoms with E-state index in [0.717, 1.165) is 5.56 Å². The summed E-state index contributed by atoms with van der Waals surface area (Å²) in [4.78, 5) is 54.3. The fourth-order valence-electron chi connectivity index (χ4n) is 5.35. The molecular formula is C28H28N2O5. The van der Waals surface area contributed by atoms with Crippen LogP contribution in [0.3, 0.4) is 0 Å². The number of carbonyl (C=O) groups is 4. The van der Waals surface area contributed by atoms with Crippen molar-refractivity contribution in [1.29, 1.82) is 0 Å². The average molecular weight is 473 g/mol. The zero-order valence-corrected chi connectivity index (χ0v) is 19.8. The van der Waals surface area contributed by atoms with E-state index in [2.05, 4.69) is 0 Å². The number of rotatable bonds is 5. The van der Waals surface area contributed by atoms with Crippen molar-refractivity contribution in [2.24, 2.45) is 17.8 Å². The van der Waals surface area contributed by atoms with Gasteiger partial charge in [0.25, 0.3) is 0 Å². The molecule has 35 heavy (non-hydrogen) atoms. The third kappa shape index (κ3) is 4.16. The predicted molar refractivity (Wildman–Crippen MR) is 129 cm³/mol. The lowest BCUT2D eigenvalue weighted by Crippen LogP contribution is -2.31. The normalized spacial score (nSPS) is 24.6. The van der Waals surface area contributed by atoms with Crippen molar-refractivity contribution in [2.45, 2.75) is 39.2 Å². The van der Waals surface area contributed by atoms with Crippen LogP contribution in [0.1, 0.15) is 43.4 Å². The maximum absolute atomic E-state index is 12.9.